The van der Waals surface area contributed by atoms with Gasteiger partial charge in [0.2, 0.25) is 0 Å². The smallest absolute Gasteiger partial charge is 0.115 e. The Morgan fingerprint density at radius 2 is 1.90 bits per heavy atom. The van der Waals surface area contributed by atoms with Gasteiger partial charge in [0.1, 0.15) is 5.75 Å². The molecular formula is C23H23N5O. The standard InChI is InChI=1S/C23H23N5O/c29-20-8-3-7-17(11-20)21-14-27(15-22-23(21)25-16-24-22)12-18-5-1-2-6-19(18)13-28-10-4-9-26-28/h1-11,16,21,29H,12-15H2,(H,24,25). The van der Waals surface area contributed by atoms with E-state index in [2.05, 4.69) is 50.3 Å². The largest absolute Gasteiger partial charge is 0.508 e. The molecule has 2 aromatic carbocycles. The molecule has 0 aliphatic carbocycles. The second-order valence-corrected chi connectivity index (χ2v) is 7.56. The second kappa shape index (κ2) is 7.56. The molecule has 3 heterocycles. The van der Waals surface area contributed by atoms with Crippen LogP contribution in [0.3, 0.4) is 0 Å². The first-order chi connectivity index (χ1) is 14.3. The lowest BCUT2D eigenvalue weighted by Gasteiger charge is -2.32. The molecule has 4 aromatic rings. The van der Waals surface area contributed by atoms with Crippen LogP contribution in [0.5, 0.6) is 5.75 Å². The van der Waals surface area contributed by atoms with Crippen molar-refractivity contribution in [2.24, 2.45) is 0 Å². The van der Waals surface area contributed by atoms with Gasteiger partial charge in [-0.05, 0) is 34.9 Å². The van der Waals surface area contributed by atoms with E-state index in [0.29, 0.717) is 5.75 Å². The van der Waals surface area contributed by atoms with E-state index in [4.69, 9.17) is 0 Å². The second-order valence-electron chi connectivity index (χ2n) is 7.56. The van der Waals surface area contributed by atoms with Gasteiger partial charge < -0.3 is 10.1 Å². The molecule has 0 amide bonds. The number of rotatable bonds is 5. The third-order valence-electron chi connectivity index (χ3n) is 5.58. The molecule has 29 heavy (non-hydrogen) atoms. The lowest BCUT2D eigenvalue weighted by atomic mass is 9.90. The van der Waals surface area contributed by atoms with Crippen molar-refractivity contribution in [1.29, 1.82) is 0 Å². The molecule has 1 aliphatic rings. The van der Waals surface area contributed by atoms with Crippen molar-refractivity contribution < 1.29 is 5.11 Å². The molecule has 1 unspecified atom stereocenters. The molecule has 2 aromatic heterocycles. The van der Waals surface area contributed by atoms with Gasteiger partial charge in [0, 0.05) is 37.9 Å². The molecule has 6 nitrogen and oxygen atoms in total. The van der Waals surface area contributed by atoms with Gasteiger partial charge >= 0.3 is 0 Å². The molecule has 146 valence electrons. The zero-order valence-corrected chi connectivity index (χ0v) is 16.1. The summed E-state index contributed by atoms with van der Waals surface area (Å²) in [6.45, 7) is 3.31. The number of nitrogens with one attached hydrogen (secondary N) is 1. The summed E-state index contributed by atoms with van der Waals surface area (Å²) in [7, 11) is 0. The minimum absolute atomic E-state index is 0.135. The third kappa shape index (κ3) is 3.67. The Morgan fingerprint density at radius 1 is 1.03 bits per heavy atom. The predicted octanol–water partition coefficient (Wildman–Crippen LogP) is 3.51. The SMILES string of the molecule is Oc1cccc(C2CN(Cc3ccccc3Cn3cccn3)Cc3[nH]cnc32)c1. The Kier molecular flexibility index (Phi) is 4.62. The first-order valence-corrected chi connectivity index (χ1v) is 9.84. The lowest BCUT2D eigenvalue weighted by molar-refractivity contribution is 0.227. The fraction of sp³-hybridized carbons (Fsp3) is 0.217. The maximum absolute atomic E-state index is 9.95. The molecule has 0 bridgehead atoms. The zero-order valence-electron chi connectivity index (χ0n) is 16.1. The number of phenols is 1. The Hall–Kier alpha value is -3.38. The molecule has 0 saturated carbocycles. The Balaban J connectivity index is 1.42. The average Bonchev–Trinajstić information content (AvgIpc) is 3.41. The fourth-order valence-electron chi connectivity index (χ4n) is 4.19. The van der Waals surface area contributed by atoms with Crippen molar-refractivity contribution in [3.63, 3.8) is 0 Å². The van der Waals surface area contributed by atoms with Crippen LogP contribution in [0.2, 0.25) is 0 Å². The minimum atomic E-state index is 0.135. The summed E-state index contributed by atoms with van der Waals surface area (Å²) in [6.07, 6.45) is 5.58. The van der Waals surface area contributed by atoms with Crippen LogP contribution < -0.4 is 0 Å². The van der Waals surface area contributed by atoms with Crippen molar-refractivity contribution in [2.75, 3.05) is 6.54 Å². The highest BCUT2D eigenvalue weighted by Crippen LogP contribution is 2.33. The van der Waals surface area contributed by atoms with Crippen LogP contribution in [0.15, 0.2) is 73.3 Å². The average molecular weight is 385 g/mol. The molecule has 0 fully saturated rings. The summed E-state index contributed by atoms with van der Waals surface area (Å²) in [6, 6.07) is 18.0. The van der Waals surface area contributed by atoms with Gasteiger partial charge in [0.05, 0.1) is 24.3 Å². The molecular weight excluding hydrogens is 362 g/mol. The van der Waals surface area contributed by atoms with E-state index in [0.717, 1.165) is 43.1 Å². The van der Waals surface area contributed by atoms with Gasteiger partial charge in [-0.1, -0.05) is 36.4 Å². The Labute approximate surface area is 169 Å². The first kappa shape index (κ1) is 17.7. The van der Waals surface area contributed by atoms with E-state index in [1.807, 2.05) is 35.3 Å². The monoisotopic (exact) mass is 385 g/mol. The van der Waals surface area contributed by atoms with Crippen LogP contribution in [0, 0.1) is 0 Å². The highest BCUT2D eigenvalue weighted by atomic mass is 16.3. The minimum Gasteiger partial charge on any atom is -0.508 e. The summed E-state index contributed by atoms with van der Waals surface area (Å²) < 4.78 is 1.96. The van der Waals surface area contributed by atoms with Crippen molar-refractivity contribution in [2.45, 2.75) is 25.6 Å². The van der Waals surface area contributed by atoms with Crippen LogP contribution >= 0.6 is 0 Å². The number of aromatic nitrogens is 4. The number of hydrogen-bond donors (Lipinski definition) is 2. The van der Waals surface area contributed by atoms with Crippen molar-refractivity contribution >= 4 is 0 Å². The molecule has 2 N–H and O–H groups in total. The summed E-state index contributed by atoms with van der Waals surface area (Å²) in [5.74, 6) is 0.427. The summed E-state index contributed by atoms with van der Waals surface area (Å²) >= 11 is 0. The van der Waals surface area contributed by atoms with E-state index in [1.165, 1.54) is 11.1 Å². The third-order valence-corrected chi connectivity index (χ3v) is 5.58. The molecule has 1 atom stereocenters. The number of aromatic amines is 1. The Morgan fingerprint density at radius 3 is 2.69 bits per heavy atom. The highest BCUT2D eigenvalue weighted by Gasteiger charge is 2.29. The van der Waals surface area contributed by atoms with Crippen LogP contribution in [0.25, 0.3) is 0 Å². The van der Waals surface area contributed by atoms with Gasteiger partial charge in [-0.15, -0.1) is 0 Å². The maximum Gasteiger partial charge on any atom is 0.115 e. The van der Waals surface area contributed by atoms with Crippen molar-refractivity contribution in [1.82, 2.24) is 24.6 Å². The van der Waals surface area contributed by atoms with Crippen LogP contribution in [0.4, 0.5) is 0 Å². The molecule has 0 spiro atoms. The number of phenolic OH excluding ortho intramolecular Hbond substituents is 1. The molecule has 0 saturated heterocycles. The number of benzene rings is 2. The molecule has 0 radical (unpaired) electrons. The topological polar surface area (TPSA) is 70.0 Å². The van der Waals surface area contributed by atoms with Crippen molar-refractivity contribution in [3.05, 3.63) is 101 Å². The Bertz CT molecular complexity index is 1100. The first-order valence-electron chi connectivity index (χ1n) is 9.84. The lowest BCUT2D eigenvalue weighted by Crippen LogP contribution is -2.34. The summed E-state index contributed by atoms with van der Waals surface area (Å²) in [5.41, 5.74) is 5.90. The number of fused-ring (bicyclic) bond motifs is 1. The van der Waals surface area contributed by atoms with Crippen LogP contribution in [0.1, 0.15) is 34.0 Å². The number of nitrogens with zero attached hydrogens (tertiary/aromatic N) is 4. The maximum atomic E-state index is 9.95. The highest BCUT2D eigenvalue weighted by molar-refractivity contribution is 5.38. The van der Waals surface area contributed by atoms with E-state index in [1.54, 1.807) is 12.4 Å². The van der Waals surface area contributed by atoms with Gasteiger partial charge in [0.25, 0.3) is 0 Å². The van der Waals surface area contributed by atoms with E-state index < -0.39 is 0 Å². The van der Waals surface area contributed by atoms with E-state index >= 15 is 0 Å². The van der Waals surface area contributed by atoms with E-state index in [-0.39, 0.29) is 5.92 Å². The number of aromatic hydroxyl groups is 1. The quantitative estimate of drug-likeness (QED) is 0.552. The van der Waals surface area contributed by atoms with Crippen LogP contribution in [-0.2, 0) is 19.6 Å². The van der Waals surface area contributed by atoms with Gasteiger partial charge in [-0.3, -0.25) is 9.58 Å². The number of hydrogen-bond acceptors (Lipinski definition) is 4. The van der Waals surface area contributed by atoms with Crippen LogP contribution in [-0.4, -0.2) is 36.3 Å². The zero-order chi connectivity index (χ0) is 19.6. The van der Waals surface area contributed by atoms with Gasteiger partial charge in [0.15, 0.2) is 0 Å². The molecule has 6 heteroatoms. The van der Waals surface area contributed by atoms with Crippen molar-refractivity contribution in [3.8, 4) is 5.75 Å². The summed E-state index contributed by atoms with van der Waals surface area (Å²) in [4.78, 5) is 10.3. The van der Waals surface area contributed by atoms with E-state index in [9.17, 15) is 5.11 Å². The molecule has 5 rings (SSSR count). The fourth-order valence-corrected chi connectivity index (χ4v) is 4.19. The molecule has 1 aliphatic heterocycles. The number of H-pyrrole nitrogens is 1. The number of imidazole rings is 1. The normalized spacial score (nSPS) is 16.6. The summed E-state index contributed by atoms with van der Waals surface area (Å²) in [5, 5.41) is 14.3. The van der Waals surface area contributed by atoms with Gasteiger partial charge in [-0.25, -0.2) is 4.98 Å². The van der Waals surface area contributed by atoms with Gasteiger partial charge in [-0.2, -0.15) is 5.10 Å². The predicted molar refractivity (Wildman–Crippen MR) is 110 cm³/mol.